The molecule has 1 amide bonds. The molecule has 29 heavy (non-hydrogen) atoms. The molecule has 0 N–H and O–H groups in total. The molecule has 0 radical (unpaired) electrons. The Kier molecular flexibility index (Phi) is 7.55. The van der Waals surface area contributed by atoms with Crippen LogP contribution < -0.4 is 9.47 Å². The van der Waals surface area contributed by atoms with Crippen molar-refractivity contribution in [2.75, 3.05) is 53.6 Å². The number of morpholine rings is 1. The number of rotatable bonds is 9. The zero-order valence-corrected chi connectivity index (χ0v) is 17.6. The normalized spacial score (nSPS) is 14.6. The van der Waals surface area contributed by atoms with E-state index in [1.54, 1.807) is 32.4 Å². The molecule has 2 aromatic rings. The molecule has 1 aromatic carbocycles. The Morgan fingerprint density at radius 3 is 2.41 bits per heavy atom. The van der Waals surface area contributed by atoms with Crippen LogP contribution in [0.4, 0.5) is 0 Å². The van der Waals surface area contributed by atoms with Crippen molar-refractivity contribution in [3.63, 3.8) is 0 Å². The molecule has 0 saturated carbocycles. The molecule has 2 heterocycles. The quantitative estimate of drug-likeness (QED) is 0.646. The lowest BCUT2D eigenvalue weighted by atomic mass is 10.1. The molecule has 1 aliphatic rings. The van der Waals surface area contributed by atoms with Gasteiger partial charge in [0, 0.05) is 56.7 Å². The molecule has 0 aliphatic carbocycles. The van der Waals surface area contributed by atoms with Gasteiger partial charge in [-0.15, -0.1) is 0 Å². The molecule has 7 heteroatoms. The number of amides is 1. The molecule has 3 rings (SSSR count). The summed E-state index contributed by atoms with van der Waals surface area (Å²) in [7, 11) is 5.18. The van der Waals surface area contributed by atoms with Gasteiger partial charge in [-0.3, -0.25) is 9.69 Å². The van der Waals surface area contributed by atoms with Crippen molar-refractivity contribution in [1.29, 1.82) is 0 Å². The molecule has 1 fully saturated rings. The maximum absolute atomic E-state index is 13.4. The van der Waals surface area contributed by atoms with E-state index in [1.807, 2.05) is 24.2 Å². The number of benzene rings is 1. The van der Waals surface area contributed by atoms with Crippen molar-refractivity contribution in [2.45, 2.75) is 13.0 Å². The van der Waals surface area contributed by atoms with Crippen LogP contribution in [0.3, 0.4) is 0 Å². The number of nitrogens with zero attached hydrogens (tertiary/aromatic N) is 3. The standard InChI is InChI=1S/C22H31N3O4/c1-23-7-4-6-19(23)17-25(9-5-8-24-10-12-29-13-11-24)22(26)18-14-20(27-2)16-21(15-18)28-3/h4,6-7,14-16H,5,8-13,17H2,1-3H3. The van der Waals surface area contributed by atoms with Crippen LogP contribution in [0.25, 0.3) is 0 Å². The van der Waals surface area contributed by atoms with Gasteiger partial charge < -0.3 is 23.7 Å². The van der Waals surface area contributed by atoms with Crippen molar-refractivity contribution in [2.24, 2.45) is 7.05 Å². The van der Waals surface area contributed by atoms with E-state index in [4.69, 9.17) is 14.2 Å². The van der Waals surface area contributed by atoms with Crippen LogP contribution in [0.5, 0.6) is 11.5 Å². The fourth-order valence-corrected chi connectivity index (χ4v) is 3.53. The van der Waals surface area contributed by atoms with Gasteiger partial charge in [-0.2, -0.15) is 0 Å². The molecule has 158 valence electrons. The third-order valence-electron chi connectivity index (χ3n) is 5.30. The Labute approximate surface area is 172 Å². The molecule has 0 bridgehead atoms. The van der Waals surface area contributed by atoms with Gasteiger partial charge in [-0.1, -0.05) is 0 Å². The topological polar surface area (TPSA) is 56.2 Å². The Balaban J connectivity index is 1.74. The third-order valence-corrected chi connectivity index (χ3v) is 5.30. The highest BCUT2D eigenvalue weighted by molar-refractivity contribution is 5.95. The number of hydrogen-bond donors (Lipinski definition) is 0. The summed E-state index contributed by atoms with van der Waals surface area (Å²) >= 11 is 0. The van der Waals surface area contributed by atoms with Crippen molar-refractivity contribution in [3.8, 4) is 11.5 Å². The Morgan fingerprint density at radius 1 is 1.14 bits per heavy atom. The lowest BCUT2D eigenvalue weighted by molar-refractivity contribution is 0.0355. The molecule has 1 saturated heterocycles. The summed E-state index contributed by atoms with van der Waals surface area (Å²) in [4.78, 5) is 17.7. The highest BCUT2D eigenvalue weighted by Crippen LogP contribution is 2.24. The Bertz CT molecular complexity index is 777. The molecule has 1 aromatic heterocycles. The molecular weight excluding hydrogens is 370 g/mol. The fraction of sp³-hybridized carbons (Fsp3) is 0.500. The van der Waals surface area contributed by atoms with Gasteiger partial charge in [0.2, 0.25) is 0 Å². The largest absolute Gasteiger partial charge is 0.497 e. The van der Waals surface area contributed by atoms with Crippen molar-refractivity contribution in [1.82, 2.24) is 14.4 Å². The minimum absolute atomic E-state index is 0.0228. The molecule has 7 nitrogen and oxygen atoms in total. The minimum Gasteiger partial charge on any atom is -0.497 e. The van der Waals surface area contributed by atoms with Crippen LogP contribution in [-0.2, 0) is 18.3 Å². The van der Waals surface area contributed by atoms with E-state index < -0.39 is 0 Å². The lowest BCUT2D eigenvalue weighted by Gasteiger charge is -2.28. The van der Waals surface area contributed by atoms with Gasteiger partial charge in [-0.25, -0.2) is 0 Å². The van der Waals surface area contributed by atoms with Gasteiger partial charge in [-0.05, 0) is 30.7 Å². The Morgan fingerprint density at radius 2 is 1.83 bits per heavy atom. The van der Waals surface area contributed by atoms with Gasteiger partial charge in [0.1, 0.15) is 11.5 Å². The number of hydrogen-bond acceptors (Lipinski definition) is 5. The van der Waals surface area contributed by atoms with Crippen LogP contribution in [0.1, 0.15) is 22.5 Å². The summed E-state index contributed by atoms with van der Waals surface area (Å²) in [6, 6.07) is 9.36. The lowest BCUT2D eigenvalue weighted by Crippen LogP contribution is -2.39. The highest BCUT2D eigenvalue weighted by Gasteiger charge is 2.20. The smallest absolute Gasteiger partial charge is 0.254 e. The summed E-state index contributed by atoms with van der Waals surface area (Å²) in [5.41, 5.74) is 1.67. The second-order valence-corrected chi connectivity index (χ2v) is 7.25. The molecular formula is C22H31N3O4. The molecule has 0 spiro atoms. The first-order valence-electron chi connectivity index (χ1n) is 10.0. The molecule has 0 atom stereocenters. The Hall–Kier alpha value is -2.51. The fourth-order valence-electron chi connectivity index (χ4n) is 3.53. The van der Waals surface area contributed by atoms with E-state index in [0.717, 1.165) is 45.0 Å². The van der Waals surface area contributed by atoms with Gasteiger partial charge in [0.05, 0.1) is 34.0 Å². The molecule has 1 aliphatic heterocycles. The zero-order chi connectivity index (χ0) is 20.6. The second-order valence-electron chi connectivity index (χ2n) is 7.25. The predicted molar refractivity (Wildman–Crippen MR) is 112 cm³/mol. The van der Waals surface area contributed by atoms with Crippen LogP contribution in [-0.4, -0.2) is 73.9 Å². The first-order chi connectivity index (χ1) is 14.1. The van der Waals surface area contributed by atoms with Crippen LogP contribution in [0.2, 0.25) is 0 Å². The number of carbonyl (C=O) groups excluding carboxylic acids is 1. The van der Waals surface area contributed by atoms with Crippen molar-refractivity contribution >= 4 is 5.91 Å². The number of aryl methyl sites for hydroxylation is 1. The zero-order valence-electron chi connectivity index (χ0n) is 17.6. The summed E-state index contributed by atoms with van der Waals surface area (Å²) in [6.45, 7) is 5.69. The van der Waals surface area contributed by atoms with E-state index >= 15 is 0 Å². The maximum Gasteiger partial charge on any atom is 0.254 e. The highest BCUT2D eigenvalue weighted by atomic mass is 16.5. The maximum atomic E-state index is 13.4. The van der Waals surface area contributed by atoms with Crippen LogP contribution in [0.15, 0.2) is 36.5 Å². The molecule has 0 unspecified atom stereocenters. The monoisotopic (exact) mass is 401 g/mol. The van der Waals surface area contributed by atoms with Crippen molar-refractivity contribution in [3.05, 3.63) is 47.8 Å². The number of carbonyl (C=O) groups is 1. The number of methoxy groups -OCH3 is 2. The van der Waals surface area contributed by atoms with E-state index in [-0.39, 0.29) is 5.91 Å². The van der Waals surface area contributed by atoms with E-state index in [1.165, 1.54) is 0 Å². The van der Waals surface area contributed by atoms with E-state index in [0.29, 0.717) is 30.2 Å². The average Bonchev–Trinajstić information content (AvgIpc) is 3.17. The number of aromatic nitrogens is 1. The van der Waals surface area contributed by atoms with Crippen LogP contribution in [0, 0.1) is 0 Å². The summed E-state index contributed by atoms with van der Waals surface area (Å²) < 4.78 is 18.1. The second kappa shape index (κ2) is 10.3. The first kappa shape index (κ1) is 21.2. The average molecular weight is 402 g/mol. The predicted octanol–water partition coefficient (Wildman–Crippen LogP) is 2.41. The van der Waals surface area contributed by atoms with Gasteiger partial charge in [0.15, 0.2) is 0 Å². The summed E-state index contributed by atoms with van der Waals surface area (Å²) in [6.07, 6.45) is 2.91. The summed E-state index contributed by atoms with van der Waals surface area (Å²) in [5, 5.41) is 0. The third kappa shape index (κ3) is 5.74. The number of ether oxygens (including phenoxy) is 3. The summed E-state index contributed by atoms with van der Waals surface area (Å²) in [5.74, 6) is 1.20. The van der Waals surface area contributed by atoms with E-state index in [2.05, 4.69) is 15.5 Å². The van der Waals surface area contributed by atoms with Crippen LogP contribution >= 0.6 is 0 Å². The first-order valence-corrected chi connectivity index (χ1v) is 10.0. The van der Waals surface area contributed by atoms with E-state index in [9.17, 15) is 4.79 Å². The van der Waals surface area contributed by atoms with Crippen molar-refractivity contribution < 1.29 is 19.0 Å². The van der Waals surface area contributed by atoms with Gasteiger partial charge >= 0.3 is 0 Å². The SMILES string of the molecule is COc1cc(OC)cc(C(=O)N(CCCN2CCOCC2)Cc2cccn2C)c1. The van der Waals surface area contributed by atoms with Gasteiger partial charge in [0.25, 0.3) is 5.91 Å². The minimum atomic E-state index is -0.0228.